The number of hydrogen-bond donors (Lipinski definition) is 0. The maximum atomic E-state index is 12.2. The van der Waals surface area contributed by atoms with Crippen molar-refractivity contribution in [3.05, 3.63) is 70.2 Å². The largest absolute Gasteiger partial charge is 0.302 e. The standard InChI is InChI=1S/C18H20ClNO/c1-14-7-3-5-9-16(14)18(21)11-12-20(2)13-15-8-4-6-10-17(15)19/h3-10H,11-13H2,1-2H3. The molecular weight excluding hydrogens is 282 g/mol. The van der Waals surface area contributed by atoms with Crippen molar-refractivity contribution in [3.8, 4) is 0 Å². The molecule has 2 aromatic carbocycles. The van der Waals surface area contributed by atoms with Crippen LogP contribution in [-0.2, 0) is 6.54 Å². The number of halogens is 1. The summed E-state index contributed by atoms with van der Waals surface area (Å²) >= 11 is 6.15. The topological polar surface area (TPSA) is 20.3 Å². The van der Waals surface area contributed by atoms with Crippen molar-refractivity contribution in [1.29, 1.82) is 0 Å². The average Bonchev–Trinajstić information content (AvgIpc) is 2.48. The second-order valence-corrected chi connectivity index (χ2v) is 5.72. The number of nitrogens with zero attached hydrogens (tertiary/aromatic N) is 1. The van der Waals surface area contributed by atoms with Crippen molar-refractivity contribution in [1.82, 2.24) is 4.90 Å². The Morgan fingerprint density at radius 1 is 1.10 bits per heavy atom. The zero-order chi connectivity index (χ0) is 15.2. The smallest absolute Gasteiger partial charge is 0.164 e. The highest BCUT2D eigenvalue weighted by Gasteiger charge is 2.10. The minimum Gasteiger partial charge on any atom is -0.302 e. The molecule has 0 heterocycles. The lowest BCUT2D eigenvalue weighted by atomic mass is 10.0. The first-order chi connectivity index (χ1) is 10.1. The van der Waals surface area contributed by atoms with E-state index in [0.29, 0.717) is 6.42 Å². The molecule has 0 aromatic heterocycles. The summed E-state index contributed by atoms with van der Waals surface area (Å²) in [7, 11) is 2.01. The van der Waals surface area contributed by atoms with Gasteiger partial charge in [-0.3, -0.25) is 4.79 Å². The summed E-state index contributed by atoms with van der Waals surface area (Å²) < 4.78 is 0. The van der Waals surface area contributed by atoms with Gasteiger partial charge < -0.3 is 4.90 Å². The number of hydrogen-bond acceptors (Lipinski definition) is 2. The van der Waals surface area contributed by atoms with Gasteiger partial charge in [0, 0.05) is 30.1 Å². The molecule has 0 aliphatic rings. The fraction of sp³-hybridized carbons (Fsp3) is 0.278. The van der Waals surface area contributed by atoms with Crippen molar-refractivity contribution < 1.29 is 4.79 Å². The molecule has 0 N–H and O–H groups in total. The maximum Gasteiger partial charge on any atom is 0.164 e. The molecule has 0 saturated carbocycles. The van der Waals surface area contributed by atoms with Gasteiger partial charge in [-0.05, 0) is 31.2 Å². The van der Waals surface area contributed by atoms with E-state index >= 15 is 0 Å². The number of rotatable bonds is 6. The van der Waals surface area contributed by atoms with Crippen LogP contribution in [-0.4, -0.2) is 24.3 Å². The number of ketones is 1. The molecule has 2 rings (SSSR count). The molecule has 0 bridgehead atoms. The van der Waals surface area contributed by atoms with E-state index in [-0.39, 0.29) is 5.78 Å². The third kappa shape index (κ3) is 4.42. The lowest BCUT2D eigenvalue weighted by molar-refractivity contribution is 0.0967. The Morgan fingerprint density at radius 3 is 2.48 bits per heavy atom. The van der Waals surface area contributed by atoms with Gasteiger partial charge in [0.15, 0.2) is 5.78 Å². The fourth-order valence-electron chi connectivity index (χ4n) is 2.31. The molecule has 21 heavy (non-hydrogen) atoms. The molecule has 0 aliphatic carbocycles. The molecule has 0 saturated heterocycles. The van der Waals surface area contributed by atoms with E-state index in [1.165, 1.54) is 0 Å². The molecule has 0 fully saturated rings. The maximum absolute atomic E-state index is 12.2. The van der Waals surface area contributed by atoms with Gasteiger partial charge >= 0.3 is 0 Å². The molecule has 0 radical (unpaired) electrons. The van der Waals surface area contributed by atoms with Crippen LogP contribution in [0.2, 0.25) is 5.02 Å². The number of carbonyl (C=O) groups is 1. The van der Waals surface area contributed by atoms with E-state index in [0.717, 1.165) is 34.8 Å². The van der Waals surface area contributed by atoms with E-state index in [9.17, 15) is 4.79 Å². The first kappa shape index (κ1) is 15.7. The first-order valence-electron chi connectivity index (χ1n) is 7.08. The molecule has 2 nitrogen and oxygen atoms in total. The van der Waals surface area contributed by atoms with E-state index in [1.807, 2.05) is 62.5 Å². The molecule has 3 heteroatoms. The van der Waals surface area contributed by atoms with E-state index in [2.05, 4.69) is 4.90 Å². The normalized spacial score (nSPS) is 10.9. The lowest BCUT2D eigenvalue weighted by Gasteiger charge is -2.17. The third-order valence-electron chi connectivity index (χ3n) is 3.56. The van der Waals surface area contributed by atoms with E-state index < -0.39 is 0 Å². The number of benzene rings is 2. The summed E-state index contributed by atoms with van der Waals surface area (Å²) in [6.45, 7) is 3.44. The van der Waals surface area contributed by atoms with Crippen molar-refractivity contribution >= 4 is 17.4 Å². The Hall–Kier alpha value is -1.64. The van der Waals surface area contributed by atoms with Crippen LogP contribution in [0.5, 0.6) is 0 Å². The Bertz CT molecular complexity index is 624. The Balaban J connectivity index is 1.90. The zero-order valence-corrected chi connectivity index (χ0v) is 13.2. The third-order valence-corrected chi connectivity index (χ3v) is 3.93. The van der Waals surface area contributed by atoms with Crippen molar-refractivity contribution in [2.45, 2.75) is 19.9 Å². The Kier molecular flexibility index (Phi) is 5.54. The van der Waals surface area contributed by atoms with Gasteiger partial charge in [0.2, 0.25) is 0 Å². The predicted molar refractivity (Wildman–Crippen MR) is 87.9 cm³/mol. The van der Waals surface area contributed by atoms with Gasteiger partial charge in [-0.15, -0.1) is 0 Å². The average molecular weight is 302 g/mol. The van der Waals surface area contributed by atoms with Gasteiger partial charge in [-0.1, -0.05) is 54.1 Å². The van der Waals surface area contributed by atoms with Crippen molar-refractivity contribution in [2.75, 3.05) is 13.6 Å². The minimum absolute atomic E-state index is 0.194. The monoisotopic (exact) mass is 301 g/mol. The summed E-state index contributed by atoms with van der Waals surface area (Å²) in [5, 5.41) is 0.773. The van der Waals surface area contributed by atoms with Gasteiger partial charge in [0.1, 0.15) is 0 Å². The molecular formula is C18H20ClNO. The van der Waals surface area contributed by atoms with Crippen LogP contribution in [0.25, 0.3) is 0 Å². The minimum atomic E-state index is 0.194. The molecule has 0 atom stereocenters. The molecule has 0 amide bonds. The number of aryl methyl sites for hydroxylation is 1. The number of Topliss-reactive ketones (excluding diaryl/α,β-unsaturated/α-hetero) is 1. The van der Waals surface area contributed by atoms with Gasteiger partial charge in [-0.2, -0.15) is 0 Å². The van der Waals surface area contributed by atoms with Crippen LogP contribution in [0.1, 0.15) is 27.9 Å². The zero-order valence-electron chi connectivity index (χ0n) is 12.5. The second-order valence-electron chi connectivity index (χ2n) is 5.32. The summed E-state index contributed by atoms with van der Waals surface area (Å²) in [5.41, 5.74) is 2.95. The van der Waals surface area contributed by atoms with Crippen LogP contribution in [0.3, 0.4) is 0 Å². The van der Waals surface area contributed by atoms with Gasteiger partial charge in [0.25, 0.3) is 0 Å². The SMILES string of the molecule is Cc1ccccc1C(=O)CCN(C)Cc1ccccc1Cl. The summed E-state index contributed by atoms with van der Waals surface area (Å²) in [4.78, 5) is 14.4. The predicted octanol–water partition coefficient (Wildman–Crippen LogP) is 4.35. The van der Waals surface area contributed by atoms with Crippen molar-refractivity contribution in [2.24, 2.45) is 0 Å². The van der Waals surface area contributed by atoms with E-state index in [1.54, 1.807) is 0 Å². The highest BCUT2D eigenvalue weighted by molar-refractivity contribution is 6.31. The van der Waals surface area contributed by atoms with Crippen LogP contribution in [0, 0.1) is 6.92 Å². The van der Waals surface area contributed by atoms with Gasteiger partial charge in [-0.25, -0.2) is 0 Å². The van der Waals surface area contributed by atoms with Crippen LogP contribution in [0.4, 0.5) is 0 Å². The molecule has 0 unspecified atom stereocenters. The first-order valence-corrected chi connectivity index (χ1v) is 7.46. The van der Waals surface area contributed by atoms with Gasteiger partial charge in [0.05, 0.1) is 0 Å². The second kappa shape index (κ2) is 7.39. The number of carbonyl (C=O) groups excluding carboxylic acids is 1. The fourth-order valence-corrected chi connectivity index (χ4v) is 2.50. The quantitative estimate of drug-likeness (QED) is 0.739. The molecule has 0 spiro atoms. The molecule has 2 aromatic rings. The lowest BCUT2D eigenvalue weighted by Crippen LogP contribution is -2.21. The Morgan fingerprint density at radius 2 is 1.76 bits per heavy atom. The Labute approximate surface area is 131 Å². The summed E-state index contributed by atoms with van der Waals surface area (Å²) in [5.74, 6) is 0.194. The van der Waals surface area contributed by atoms with Crippen LogP contribution >= 0.6 is 11.6 Å². The molecule has 110 valence electrons. The van der Waals surface area contributed by atoms with Crippen molar-refractivity contribution in [3.63, 3.8) is 0 Å². The van der Waals surface area contributed by atoms with Crippen LogP contribution in [0.15, 0.2) is 48.5 Å². The molecule has 0 aliphatic heterocycles. The highest BCUT2D eigenvalue weighted by atomic mass is 35.5. The van der Waals surface area contributed by atoms with E-state index in [4.69, 9.17) is 11.6 Å². The summed E-state index contributed by atoms with van der Waals surface area (Å²) in [6, 6.07) is 15.5. The highest BCUT2D eigenvalue weighted by Crippen LogP contribution is 2.17. The summed E-state index contributed by atoms with van der Waals surface area (Å²) in [6.07, 6.45) is 0.520. The van der Waals surface area contributed by atoms with Crippen LogP contribution < -0.4 is 0 Å².